The Morgan fingerprint density at radius 1 is 1.24 bits per heavy atom. The van der Waals surface area contributed by atoms with Gasteiger partial charge in [-0.15, -0.1) is 6.42 Å². The number of halogens is 2. The number of aromatic nitrogens is 1. The van der Waals surface area contributed by atoms with E-state index in [1.54, 1.807) is 32.1 Å². The molecule has 0 bridgehead atoms. The lowest BCUT2D eigenvalue weighted by Crippen LogP contribution is -2.39. The van der Waals surface area contributed by atoms with E-state index in [0.717, 1.165) is 9.13 Å². The van der Waals surface area contributed by atoms with E-state index in [2.05, 4.69) is 33.5 Å². The molecular weight excluding hydrogens is 639 g/mol. The molecule has 4 rings (SSSR count). The van der Waals surface area contributed by atoms with Gasteiger partial charge in [-0.05, 0) is 79.3 Å². The predicted molar refractivity (Wildman–Crippen MR) is 157 cm³/mol. The van der Waals surface area contributed by atoms with Crippen LogP contribution in [0.5, 0.6) is 11.5 Å². The summed E-state index contributed by atoms with van der Waals surface area (Å²) in [4.78, 5) is 32.0. The van der Waals surface area contributed by atoms with E-state index in [9.17, 15) is 9.59 Å². The molecule has 2 aromatic carbocycles. The number of thiazole rings is 1. The fourth-order valence-corrected chi connectivity index (χ4v) is 6.37. The zero-order valence-corrected chi connectivity index (χ0v) is 24.6. The van der Waals surface area contributed by atoms with Gasteiger partial charge in [0.15, 0.2) is 4.80 Å². The number of benzene rings is 2. The van der Waals surface area contributed by atoms with Crippen LogP contribution < -0.4 is 24.4 Å². The van der Waals surface area contributed by atoms with Crippen molar-refractivity contribution in [1.82, 2.24) is 4.57 Å². The Kier molecular flexibility index (Phi) is 8.97. The lowest BCUT2D eigenvalue weighted by molar-refractivity contribution is -0.139. The van der Waals surface area contributed by atoms with Gasteiger partial charge in [-0.25, -0.2) is 9.79 Å². The highest BCUT2D eigenvalue weighted by atomic mass is 127. The van der Waals surface area contributed by atoms with Crippen molar-refractivity contribution in [3.63, 3.8) is 0 Å². The molecule has 0 N–H and O–H groups in total. The highest BCUT2D eigenvalue weighted by Crippen LogP contribution is 2.32. The summed E-state index contributed by atoms with van der Waals surface area (Å²) in [5.74, 6) is 3.16. The molecule has 0 amide bonds. The molecule has 0 unspecified atom stereocenters. The molecule has 1 aliphatic heterocycles. The van der Waals surface area contributed by atoms with Gasteiger partial charge in [-0.2, -0.15) is 0 Å². The van der Waals surface area contributed by atoms with Crippen molar-refractivity contribution in [3.05, 3.63) is 87.1 Å². The van der Waals surface area contributed by atoms with Gasteiger partial charge in [0.05, 0.1) is 38.6 Å². The highest BCUT2D eigenvalue weighted by Gasteiger charge is 2.33. The van der Waals surface area contributed by atoms with E-state index < -0.39 is 12.0 Å². The molecule has 1 aliphatic rings. The zero-order valence-electron chi connectivity index (χ0n) is 20.9. The Hall–Kier alpha value is -3.07. The second-order valence-corrected chi connectivity index (χ2v) is 10.7. The Labute approximate surface area is 242 Å². The normalized spacial score (nSPS) is 14.9. The quantitative estimate of drug-likeness (QED) is 0.202. The van der Waals surface area contributed by atoms with Gasteiger partial charge in [0.25, 0.3) is 5.56 Å². The minimum Gasteiger partial charge on any atom is -0.494 e. The van der Waals surface area contributed by atoms with E-state index in [4.69, 9.17) is 32.2 Å². The van der Waals surface area contributed by atoms with Crippen LogP contribution in [0, 0.1) is 15.9 Å². The van der Waals surface area contributed by atoms with Crippen LogP contribution in [0.3, 0.4) is 0 Å². The number of hydrogen-bond donors (Lipinski definition) is 0. The number of allylic oxidation sites excluding steroid dienone is 1. The third kappa shape index (κ3) is 5.67. The SMILES string of the molecule is C#CCOc1c(I)cc(Cl)cc1/C=c1\sc2n(c1=O)[C@H](c1ccc(OCC)cc1)C(C(=O)OCC)=C(C)N=2. The Morgan fingerprint density at radius 3 is 2.63 bits per heavy atom. The topological polar surface area (TPSA) is 79.1 Å². The van der Waals surface area contributed by atoms with Crippen LogP contribution in [0.4, 0.5) is 0 Å². The Bertz CT molecular complexity index is 1630. The fourth-order valence-electron chi connectivity index (χ4n) is 4.11. The molecule has 0 saturated heterocycles. The maximum absolute atomic E-state index is 13.9. The maximum atomic E-state index is 13.9. The third-order valence-corrected chi connectivity index (χ3v) is 7.65. The van der Waals surface area contributed by atoms with Gasteiger partial charge in [0.1, 0.15) is 18.1 Å². The summed E-state index contributed by atoms with van der Waals surface area (Å²) in [6.45, 7) is 6.18. The number of esters is 1. The Morgan fingerprint density at radius 2 is 1.97 bits per heavy atom. The summed E-state index contributed by atoms with van der Waals surface area (Å²) in [5, 5.41) is 0.495. The number of carbonyl (C=O) groups excluding carboxylic acids is 1. The van der Waals surface area contributed by atoms with E-state index in [1.807, 2.05) is 31.2 Å². The van der Waals surface area contributed by atoms with E-state index in [0.29, 0.717) is 49.3 Å². The van der Waals surface area contributed by atoms with Gasteiger partial charge >= 0.3 is 5.97 Å². The lowest BCUT2D eigenvalue weighted by atomic mass is 9.96. The van der Waals surface area contributed by atoms with Crippen LogP contribution in [0.25, 0.3) is 6.08 Å². The van der Waals surface area contributed by atoms with E-state index in [-0.39, 0.29) is 18.8 Å². The molecule has 0 aliphatic carbocycles. The van der Waals surface area contributed by atoms with E-state index in [1.165, 1.54) is 15.9 Å². The van der Waals surface area contributed by atoms with Crippen LogP contribution >= 0.6 is 45.5 Å². The molecule has 7 nitrogen and oxygen atoms in total. The van der Waals surface area contributed by atoms with Gasteiger partial charge in [0.2, 0.25) is 0 Å². The average Bonchev–Trinajstić information content (AvgIpc) is 3.17. The average molecular weight is 663 g/mol. The van der Waals surface area contributed by atoms with Crippen LogP contribution in [-0.2, 0) is 9.53 Å². The molecule has 3 aromatic rings. The van der Waals surface area contributed by atoms with Crippen LogP contribution in [0.1, 0.15) is 37.9 Å². The molecule has 38 heavy (non-hydrogen) atoms. The second-order valence-electron chi connectivity index (χ2n) is 8.10. The van der Waals surface area contributed by atoms with Crippen molar-refractivity contribution in [1.29, 1.82) is 0 Å². The molecular formula is C28H24ClIN2O5S. The summed E-state index contributed by atoms with van der Waals surface area (Å²) in [7, 11) is 0. The third-order valence-electron chi connectivity index (χ3n) is 5.65. The smallest absolute Gasteiger partial charge is 0.338 e. The molecule has 0 saturated carbocycles. The summed E-state index contributed by atoms with van der Waals surface area (Å²) >= 11 is 9.65. The molecule has 0 radical (unpaired) electrons. The van der Waals surface area contributed by atoms with Crippen molar-refractivity contribution >= 4 is 57.6 Å². The Balaban J connectivity index is 1.94. The second kappa shape index (κ2) is 12.2. The summed E-state index contributed by atoms with van der Waals surface area (Å²) < 4.78 is 19.4. The minimum atomic E-state index is -0.722. The van der Waals surface area contributed by atoms with Crippen LogP contribution in [0.15, 0.2) is 57.5 Å². The molecule has 1 aromatic heterocycles. The standard InChI is InChI=1S/C28H24ClIN2O5S/c1-5-12-37-25-18(13-19(29)15-21(25)30)14-22-26(33)32-24(17-8-10-20(11-9-17)35-6-2)23(27(34)36-7-3)16(4)31-28(32)38-22/h1,8-11,13-15,24H,6-7,12H2,2-4H3/b22-14-/t24-/m1/s1. The number of hydrogen-bond acceptors (Lipinski definition) is 7. The van der Waals surface area contributed by atoms with Crippen molar-refractivity contribution in [2.75, 3.05) is 19.8 Å². The predicted octanol–water partition coefficient (Wildman–Crippen LogP) is 4.47. The maximum Gasteiger partial charge on any atom is 0.338 e. The van der Waals surface area contributed by atoms with Crippen LogP contribution in [0.2, 0.25) is 5.02 Å². The van der Waals surface area contributed by atoms with Crippen molar-refractivity contribution in [3.8, 4) is 23.8 Å². The van der Waals surface area contributed by atoms with Gasteiger partial charge in [0, 0.05) is 10.6 Å². The minimum absolute atomic E-state index is 0.0690. The molecule has 1 atom stereocenters. The summed E-state index contributed by atoms with van der Waals surface area (Å²) in [6.07, 6.45) is 7.10. The van der Waals surface area contributed by atoms with Gasteiger partial charge in [-0.3, -0.25) is 9.36 Å². The highest BCUT2D eigenvalue weighted by molar-refractivity contribution is 14.1. The fraction of sp³-hybridized carbons (Fsp3) is 0.250. The number of ether oxygens (including phenoxy) is 3. The first kappa shape index (κ1) is 28.0. The molecule has 10 heteroatoms. The monoisotopic (exact) mass is 662 g/mol. The molecule has 196 valence electrons. The van der Waals surface area contributed by atoms with Crippen molar-refractivity contribution in [2.45, 2.75) is 26.8 Å². The number of nitrogens with zero attached hydrogens (tertiary/aromatic N) is 2. The van der Waals surface area contributed by atoms with Crippen molar-refractivity contribution in [2.24, 2.45) is 4.99 Å². The van der Waals surface area contributed by atoms with Crippen LogP contribution in [-0.4, -0.2) is 30.4 Å². The van der Waals surface area contributed by atoms with Gasteiger partial charge < -0.3 is 14.2 Å². The summed E-state index contributed by atoms with van der Waals surface area (Å²) in [6, 6.07) is 10.1. The van der Waals surface area contributed by atoms with Gasteiger partial charge in [-0.1, -0.05) is 41.0 Å². The number of fused-ring (bicyclic) bond motifs is 1. The molecule has 0 fully saturated rings. The molecule has 0 spiro atoms. The van der Waals surface area contributed by atoms with E-state index >= 15 is 0 Å². The zero-order chi connectivity index (χ0) is 27.4. The summed E-state index contributed by atoms with van der Waals surface area (Å²) in [5.41, 5.74) is 1.84. The largest absolute Gasteiger partial charge is 0.494 e. The number of carbonyl (C=O) groups is 1. The first-order valence-electron chi connectivity index (χ1n) is 11.8. The van der Waals surface area contributed by atoms with Crippen molar-refractivity contribution < 1.29 is 19.0 Å². The number of rotatable bonds is 8. The lowest BCUT2D eigenvalue weighted by Gasteiger charge is -2.24. The first-order chi connectivity index (χ1) is 18.3. The number of terminal acetylenes is 1. The molecule has 2 heterocycles. The first-order valence-corrected chi connectivity index (χ1v) is 14.0.